The van der Waals surface area contributed by atoms with Crippen molar-refractivity contribution in [2.75, 3.05) is 5.32 Å². The molecule has 3 N–H and O–H groups in total. The van der Waals surface area contributed by atoms with Crippen LogP contribution in [-0.4, -0.2) is 15.3 Å². The third-order valence-electron chi connectivity index (χ3n) is 2.92. The number of hydrogen-bond donors (Lipinski definition) is 2. The number of imidazole rings is 1. The Bertz CT molecular complexity index is 785. The average Bonchev–Trinajstić information content (AvgIpc) is 2.88. The molecule has 0 aliphatic carbocycles. The van der Waals surface area contributed by atoms with Crippen LogP contribution >= 0.6 is 39.9 Å². The predicted octanol–water partition coefficient (Wildman–Crippen LogP) is 3.64. The second-order valence-corrected chi connectivity index (χ2v) is 5.45. The molecule has 2 heterocycles. The molecule has 1 aromatic carbocycles. The van der Waals surface area contributed by atoms with Crippen molar-refractivity contribution in [3.63, 3.8) is 0 Å². The van der Waals surface area contributed by atoms with Gasteiger partial charge in [-0.05, 0) is 40.2 Å². The van der Waals surface area contributed by atoms with Gasteiger partial charge in [-0.2, -0.15) is 0 Å². The summed E-state index contributed by atoms with van der Waals surface area (Å²) in [5.41, 5.74) is 8.54. The first-order valence-electron chi connectivity index (χ1n) is 6.46. The van der Waals surface area contributed by atoms with Crippen molar-refractivity contribution < 1.29 is 0 Å². The highest BCUT2D eigenvalue weighted by atomic mass is 127. The standard InChI is InChI=1S/C15H14BrN5.HI/c16-11-6-7-14-19-13(10-21(14)9-11)8-18-15(17)20-12-4-2-1-3-5-12;/h1-7,9-10H,8H2,(H3,17,18,20);1H. The van der Waals surface area contributed by atoms with Gasteiger partial charge in [-0.1, -0.05) is 18.2 Å². The monoisotopic (exact) mass is 471 g/mol. The normalized spacial score (nSPS) is 11.2. The molecule has 0 bridgehead atoms. The van der Waals surface area contributed by atoms with Gasteiger partial charge >= 0.3 is 0 Å². The Morgan fingerprint density at radius 1 is 1.18 bits per heavy atom. The smallest absolute Gasteiger partial charge is 0.193 e. The van der Waals surface area contributed by atoms with E-state index in [0.29, 0.717) is 12.5 Å². The highest BCUT2D eigenvalue weighted by molar-refractivity contribution is 14.0. The zero-order chi connectivity index (χ0) is 14.7. The summed E-state index contributed by atoms with van der Waals surface area (Å²) in [6.45, 7) is 0.435. The fraction of sp³-hybridized carbons (Fsp3) is 0.0667. The van der Waals surface area contributed by atoms with E-state index in [0.717, 1.165) is 21.5 Å². The maximum Gasteiger partial charge on any atom is 0.193 e. The number of guanidine groups is 1. The first kappa shape index (κ1) is 16.8. The maximum absolute atomic E-state index is 5.87. The number of nitrogens with zero attached hydrogens (tertiary/aromatic N) is 3. The third-order valence-corrected chi connectivity index (χ3v) is 3.39. The molecule has 0 spiro atoms. The molecule has 3 rings (SSSR count). The molecule has 0 atom stereocenters. The van der Waals surface area contributed by atoms with Gasteiger partial charge < -0.3 is 15.5 Å². The fourth-order valence-electron chi connectivity index (χ4n) is 1.97. The van der Waals surface area contributed by atoms with Crippen LogP contribution in [0, 0.1) is 0 Å². The number of para-hydroxylation sites is 1. The van der Waals surface area contributed by atoms with E-state index in [1.807, 2.05) is 59.3 Å². The number of aliphatic imine (C=N–C) groups is 1. The Kier molecular flexibility index (Phi) is 5.78. The summed E-state index contributed by atoms with van der Waals surface area (Å²) in [4.78, 5) is 8.79. The minimum Gasteiger partial charge on any atom is -0.370 e. The van der Waals surface area contributed by atoms with Crippen LogP contribution in [0.15, 0.2) is 64.3 Å². The number of benzene rings is 1. The summed E-state index contributed by atoms with van der Waals surface area (Å²) < 4.78 is 2.96. The molecule has 114 valence electrons. The van der Waals surface area contributed by atoms with Crippen LogP contribution in [-0.2, 0) is 6.54 Å². The molecule has 0 unspecified atom stereocenters. The Hall–Kier alpha value is -1.61. The quantitative estimate of drug-likeness (QED) is 0.348. The van der Waals surface area contributed by atoms with Gasteiger partial charge in [0.1, 0.15) is 5.65 Å². The van der Waals surface area contributed by atoms with Gasteiger partial charge in [-0.3, -0.25) is 0 Å². The van der Waals surface area contributed by atoms with Crippen LogP contribution in [0.5, 0.6) is 0 Å². The molecule has 0 aliphatic heterocycles. The zero-order valence-electron chi connectivity index (χ0n) is 11.6. The van der Waals surface area contributed by atoms with E-state index in [4.69, 9.17) is 5.73 Å². The van der Waals surface area contributed by atoms with Gasteiger partial charge in [0.15, 0.2) is 5.96 Å². The minimum absolute atomic E-state index is 0. The lowest BCUT2D eigenvalue weighted by molar-refractivity contribution is 1.01. The van der Waals surface area contributed by atoms with E-state index < -0.39 is 0 Å². The lowest BCUT2D eigenvalue weighted by Crippen LogP contribution is -2.22. The van der Waals surface area contributed by atoms with Crippen molar-refractivity contribution in [2.45, 2.75) is 6.54 Å². The molecule has 0 saturated carbocycles. The summed E-state index contributed by atoms with van der Waals surface area (Å²) in [6, 6.07) is 13.6. The van der Waals surface area contributed by atoms with Crippen molar-refractivity contribution in [3.8, 4) is 0 Å². The molecule has 0 aliphatic rings. The van der Waals surface area contributed by atoms with Crippen LogP contribution in [0.25, 0.3) is 5.65 Å². The van der Waals surface area contributed by atoms with Gasteiger partial charge in [0, 0.05) is 22.6 Å². The predicted molar refractivity (Wildman–Crippen MR) is 104 cm³/mol. The third kappa shape index (κ3) is 4.20. The molecule has 0 amide bonds. The minimum atomic E-state index is 0. The van der Waals surface area contributed by atoms with Crippen molar-refractivity contribution in [3.05, 3.63) is 65.0 Å². The number of nitrogens with one attached hydrogen (secondary N) is 1. The first-order valence-corrected chi connectivity index (χ1v) is 7.25. The second-order valence-electron chi connectivity index (χ2n) is 4.54. The van der Waals surface area contributed by atoms with E-state index >= 15 is 0 Å². The molecule has 5 nitrogen and oxygen atoms in total. The van der Waals surface area contributed by atoms with Crippen LogP contribution < -0.4 is 11.1 Å². The van der Waals surface area contributed by atoms with E-state index in [2.05, 4.69) is 31.2 Å². The number of pyridine rings is 1. The highest BCUT2D eigenvalue weighted by Gasteiger charge is 2.01. The van der Waals surface area contributed by atoms with Gasteiger partial charge in [-0.15, -0.1) is 24.0 Å². The van der Waals surface area contributed by atoms with Crippen LogP contribution in [0.1, 0.15) is 5.69 Å². The van der Waals surface area contributed by atoms with Crippen LogP contribution in [0.4, 0.5) is 5.69 Å². The molecule has 7 heteroatoms. The summed E-state index contributed by atoms with van der Waals surface area (Å²) in [5.74, 6) is 0.374. The van der Waals surface area contributed by atoms with Crippen molar-refractivity contribution in [1.29, 1.82) is 0 Å². The fourth-order valence-corrected chi connectivity index (χ4v) is 2.32. The molecule has 3 aromatic rings. The van der Waals surface area contributed by atoms with E-state index in [1.165, 1.54) is 0 Å². The second kappa shape index (κ2) is 7.59. The zero-order valence-corrected chi connectivity index (χ0v) is 15.5. The maximum atomic E-state index is 5.87. The highest BCUT2D eigenvalue weighted by Crippen LogP contribution is 2.13. The van der Waals surface area contributed by atoms with Crippen molar-refractivity contribution in [2.24, 2.45) is 10.7 Å². The lowest BCUT2D eigenvalue weighted by atomic mass is 10.3. The van der Waals surface area contributed by atoms with Crippen LogP contribution in [0.2, 0.25) is 0 Å². The number of rotatable bonds is 3. The number of fused-ring (bicyclic) bond motifs is 1. The summed E-state index contributed by atoms with van der Waals surface area (Å²) in [7, 11) is 0. The Balaban J connectivity index is 0.00000176. The number of aromatic nitrogens is 2. The molecule has 22 heavy (non-hydrogen) atoms. The Labute approximate surface area is 153 Å². The van der Waals surface area contributed by atoms with E-state index in [9.17, 15) is 0 Å². The van der Waals surface area contributed by atoms with Crippen molar-refractivity contribution in [1.82, 2.24) is 9.38 Å². The summed E-state index contributed by atoms with van der Waals surface area (Å²) in [5, 5.41) is 3.04. The molecule has 0 radical (unpaired) electrons. The van der Waals surface area contributed by atoms with E-state index in [1.54, 1.807) is 0 Å². The lowest BCUT2D eigenvalue weighted by Gasteiger charge is -2.04. The van der Waals surface area contributed by atoms with Crippen molar-refractivity contribution >= 4 is 57.2 Å². The number of halogens is 2. The summed E-state index contributed by atoms with van der Waals surface area (Å²) >= 11 is 3.43. The van der Waals surface area contributed by atoms with E-state index in [-0.39, 0.29) is 24.0 Å². The Morgan fingerprint density at radius 2 is 1.95 bits per heavy atom. The Morgan fingerprint density at radius 3 is 2.73 bits per heavy atom. The number of nitrogens with two attached hydrogens (primary N) is 1. The molecular formula is C15H15BrIN5. The number of hydrogen-bond acceptors (Lipinski definition) is 2. The first-order chi connectivity index (χ1) is 10.2. The average molecular weight is 472 g/mol. The van der Waals surface area contributed by atoms with Gasteiger partial charge in [0.2, 0.25) is 0 Å². The molecule has 0 fully saturated rings. The summed E-state index contributed by atoms with van der Waals surface area (Å²) in [6.07, 6.45) is 3.90. The number of anilines is 1. The molecular weight excluding hydrogens is 457 g/mol. The van der Waals surface area contributed by atoms with Gasteiger partial charge in [0.05, 0.1) is 12.2 Å². The molecule has 0 saturated heterocycles. The van der Waals surface area contributed by atoms with Gasteiger partial charge in [-0.25, -0.2) is 9.98 Å². The van der Waals surface area contributed by atoms with Crippen LogP contribution in [0.3, 0.4) is 0 Å². The SMILES string of the molecule is I.NC(=NCc1cn2cc(Br)ccc2n1)Nc1ccccc1. The molecule has 2 aromatic heterocycles. The van der Waals surface area contributed by atoms with Gasteiger partial charge in [0.25, 0.3) is 0 Å². The largest absolute Gasteiger partial charge is 0.370 e. The topological polar surface area (TPSA) is 67.7 Å².